The molecule has 0 heterocycles. The summed E-state index contributed by atoms with van der Waals surface area (Å²) in [7, 11) is 0. The molecule has 6 heteroatoms. The number of hydrogen-bond donors (Lipinski definition) is 2. The summed E-state index contributed by atoms with van der Waals surface area (Å²) in [5.74, 6) is -0.323. The number of nitrogens with zero attached hydrogens (tertiary/aromatic N) is 1. The minimum absolute atomic E-state index is 0.0740. The van der Waals surface area contributed by atoms with E-state index in [-0.39, 0.29) is 11.6 Å². The second-order valence-electron chi connectivity index (χ2n) is 4.13. The molecule has 6 nitrogen and oxygen atoms in total. The highest BCUT2D eigenvalue weighted by Gasteiger charge is 2.12. The number of nitrogens with one attached hydrogen (secondary N) is 1. The van der Waals surface area contributed by atoms with Crippen molar-refractivity contribution in [3.8, 4) is 0 Å². The molecule has 1 aromatic rings. The lowest BCUT2D eigenvalue weighted by atomic mass is 10.2. The summed E-state index contributed by atoms with van der Waals surface area (Å²) >= 11 is 0. The molecule has 0 saturated heterocycles. The van der Waals surface area contributed by atoms with Gasteiger partial charge in [0.15, 0.2) is 0 Å². The number of carbonyl (C=O) groups excluding carboxylic acids is 1. The molecular weight excluding hydrogens is 234 g/mol. The lowest BCUT2D eigenvalue weighted by Gasteiger charge is -2.07. The van der Waals surface area contributed by atoms with Gasteiger partial charge in [0.25, 0.3) is 5.69 Å². The second-order valence-corrected chi connectivity index (χ2v) is 4.13. The summed E-state index contributed by atoms with van der Waals surface area (Å²) in [5.41, 5.74) is 6.44. The lowest BCUT2D eigenvalue weighted by Crippen LogP contribution is -2.11. The van der Waals surface area contributed by atoms with E-state index in [4.69, 9.17) is 5.73 Å². The third kappa shape index (κ3) is 4.40. The van der Waals surface area contributed by atoms with Gasteiger partial charge in [0, 0.05) is 19.0 Å². The molecule has 0 saturated carbocycles. The fourth-order valence-corrected chi connectivity index (χ4v) is 1.59. The summed E-state index contributed by atoms with van der Waals surface area (Å²) in [6.07, 6.45) is 1.77. The highest BCUT2D eigenvalue weighted by atomic mass is 16.6. The number of hydrogen-bond acceptors (Lipinski definition) is 4. The summed E-state index contributed by atoms with van der Waals surface area (Å²) in [5, 5.41) is 13.9. The van der Waals surface area contributed by atoms with Gasteiger partial charge < -0.3 is 11.1 Å². The molecule has 0 radical (unpaired) electrons. The number of nitro groups is 1. The third-order valence-corrected chi connectivity index (χ3v) is 2.52. The van der Waals surface area contributed by atoms with Crippen LogP contribution in [0.3, 0.4) is 0 Å². The standard InChI is InChI=1S/C12H17N3O3/c1-9-5-6-10(11(8-9)15(17)18)14-7-3-2-4-12(13)16/h5-6,8,14H,2-4,7H2,1H3,(H2,13,16). The van der Waals surface area contributed by atoms with Gasteiger partial charge in [-0.2, -0.15) is 0 Å². The van der Waals surface area contributed by atoms with Crippen molar-refractivity contribution >= 4 is 17.3 Å². The Morgan fingerprint density at radius 3 is 2.78 bits per heavy atom. The van der Waals surface area contributed by atoms with Gasteiger partial charge in [0.2, 0.25) is 5.91 Å². The molecule has 98 valence electrons. The van der Waals surface area contributed by atoms with Crippen LogP contribution < -0.4 is 11.1 Å². The predicted molar refractivity (Wildman–Crippen MR) is 69.4 cm³/mol. The Bertz CT molecular complexity index is 446. The average Bonchev–Trinajstić information content (AvgIpc) is 2.29. The minimum atomic E-state index is -0.404. The quantitative estimate of drug-likeness (QED) is 0.439. The van der Waals surface area contributed by atoms with Crippen molar-refractivity contribution < 1.29 is 9.72 Å². The van der Waals surface area contributed by atoms with Crippen LogP contribution in [-0.2, 0) is 4.79 Å². The van der Waals surface area contributed by atoms with E-state index in [1.54, 1.807) is 6.07 Å². The van der Waals surface area contributed by atoms with E-state index in [1.807, 2.05) is 13.0 Å². The molecular formula is C12H17N3O3. The van der Waals surface area contributed by atoms with Crippen LogP contribution in [-0.4, -0.2) is 17.4 Å². The van der Waals surface area contributed by atoms with Crippen molar-refractivity contribution in [2.24, 2.45) is 5.73 Å². The molecule has 1 amide bonds. The normalized spacial score (nSPS) is 10.1. The van der Waals surface area contributed by atoms with Crippen LogP contribution in [0, 0.1) is 17.0 Å². The fourth-order valence-electron chi connectivity index (χ4n) is 1.59. The molecule has 0 aliphatic rings. The molecule has 0 aliphatic heterocycles. The monoisotopic (exact) mass is 251 g/mol. The number of anilines is 1. The SMILES string of the molecule is Cc1ccc(NCCCCC(N)=O)c([N+](=O)[O-])c1. The maximum atomic E-state index is 10.9. The molecule has 0 aliphatic carbocycles. The van der Waals surface area contributed by atoms with Gasteiger partial charge in [0.05, 0.1) is 4.92 Å². The van der Waals surface area contributed by atoms with Crippen LogP contribution >= 0.6 is 0 Å². The first kappa shape index (κ1) is 14.0. The van der Waals surface area contributed by atoms with Gasteiger partial charge in [-0.25, -0.2) is 0 Å². The van der Waals surface area contributed by atoms with E-state index in [2.05, 4.69) is 5.32 Å². The van der Waals surface area contributed by atoms with E-state index in [0.29, 0.717) is 25.1 Å². The molecule has 18 heavy (non-hydrogen) atoms. The molecule has 0 bridgehead atoms. The zero-order valence-electron chi connectivity index (χ0n) is 10.3. The number of benzene rings is 1. The van der Waals surface area contributed by atoms with Gasteiger partial charge in [-0.1, -0.05) is 6.07 Å². The Balaban J connectivity index is 2.51. The van der Waals surface area contributed by atoms with Crippen LogP contribution in [0.4, 0.5) is 11.4 Å². The number of primary amides is 1. The molecule has 0 aromatic heterocycles. The Morgan fingerprint density at radius 2 is 2.17 bits per heavy atom. The maximum absolute atomic E-state index is 10.9. The van der Waals surface area contributed by atoms with Crippen molar-refractivity contribution in [2.45, 2.75) is 26.2 Å². The summed E-state index contributed by atoms with van der Waals surface area (Å²) in [6.45, 7) is 2.39. The van der Waals surface area contributed by atoms with E-state index in [0.717, 1.165) is 12.0 Å². The van der Waals surface area contributed by atoms with Crippen molar-refractivity contribution in [1.29, 1.82) is 0 Å². The summed E-state index contributed by atoms with van der Waals surface area (Å²) in [6, 6.07) is 5.05. The first-order valence-electron chi connectivity index (χ1n) is 5.78. The highest BCUT2D eigenvalue weighted by molar-refractivity contribution is 5.73. The number of nitrogens with two attached hydrogens (primary N) is 1. The van der Waals surface area contributed by atoms with E-state index < -0.39 is 4.92 Å². The molecule has 1 rings (SSSR count). The Labute approximate surface area is 105 Å². The molecule has 0 fully saturated rings. The average molecular weight is 251 g/mol. The largest absolute Gasteiger partial charge is 0.379 e. The summed E-state index contributed by atoms with van der Waals surface area (Å²) in [4.78, 5) is 21.0. The number of amides is 1. The van der Waals surface area contributed by atoms with Crippen molar-refractivity contribution in [1.82, 2.24) is 0 Å². The number of carbonyl (C=O) groups is 1. The number of unbranched alkanes of at least 4 members (excludes halogenated alkanes) is 1. The maximum Gasteiger partial charge on any atom is 0.292 e. The fraction of sp³-hybridized carbons (Fsp3) is 0.417. The number of aryl methyl sites for hydroxylation is 1. The van der Waals surface area contributed by atoms with Gasteiger partial charge in [-0.15, -0.1) is 0 Å². The third-order valence-electron chi connectivity index (χ3n) is 2.52. The number of nitro benzene ring substituents is 1. The van der Waals surface area contributed by atoms with Crippen molar-refractivity contribution in [2.75, 3.05) is 11.9 Å². The van der Waals surface area contributed by atoms with Gasteiger partial charge in [-0.3, -0.25) is 14.9 Å². The van der Waals surface area contributed by atoms with Crippen LogP contribution in [0.2, 0.25) is 0 Å². The molecule has 0 atom stereocenters. The minimum Gasteiger partial charge on any atom is -0.379 e. The lowest BCUT2D eigenvalue weighted by molar-refractivity contribution is -0.384. The van der Waals surface area contributed by atoms with Gasteiger partial charge in [0.1, 0.15) is 5.69 Å². The second kappa shape index (κ2) is 6.58. The summed E-state index contributed by atoms with van der Waals surface area (Å²) < 4.78 is 0. The molecule has 1 aromatic carbocycles. The van der Waals surface area contributed by atoms with Crippen LogP contribution in [0.5, 0.6) is 0 Å². The Kier molecular flexibility index (Phi) is 5.10. The van der Waals surface area contributed by atoms with Gasteiger partial charge in [-0.05, 0) is 31.4 Å². The number of rotatable bonds is 7. The van der Waals surface area contributed by atoms with Crippen LogP contribution in [0.1, 0.15) is 24.8 Å². The van der Waals surface area contributed by atoms with Gasteiger partial charge >= 0.3 is 0 Å². The Hall–Kier alpha value is -2.11. The molecule has 0 unspecified atom stereocenters. The predicted octanol–water partition coefficient (Wildman–Crippen LogP) is 1.97. The zero-order chi connectivity index (χ0) is 13.5. The van der Waals surface area contributed by atoms with E-state index >= 15 is 0 Å². The topological polar surface area (TPSA) is 98.3 Å². The van der Waals surface area contributed by atoms with Crippen LogP contribution in [0.25, 0.3) is 0 Å². The smallest absolute Gasteiger partial charge is 0.292 e. The highest BCUT2D eigenvalue weighted by Crippen LogP contribution is 2.25. The van der Waals surface area contributed by atoms with Crippen molar-refractivity contribution in [3.05, 3.63) is 33.9 Å². The van der Waals surface area contributed by atoms with E-state index in [9.17, 15) is 14.9 Å². The van der Waals surface area contributed by atoms with Crippen molar-refractivity contribution in [3.63, 3.8) is 0 Å². The first-order chi connectivity index (χ1) is 8.50. The zero-order valence-corrected chi connectivity index (χ0v) is 10.3. The van der Waals surface area contributed by atoms with E-state index in [1.165, 1.54) is 6.07 Å². The molecule has 0 spiro atoms. The Morgan fingerprint density at radius 1 is 1.44 bits per heavy atom. The first-order valence-corrected chi connectivity index (χ1v) is 5.78. The molecule has 3 N–H and O–H groups in total. The van der Waals surface area contributed by atoms with Crippen LogP contribution in [0.15, 0.2) is 18.2 Å².